The number of phenols is 1. The molecule has 4 aromatic rings. The Bertz CT molecular complexity index is 1990. The van der Waals surface area contributed by atoms with E-state index in [1.54, 1.807) is 6.07 Å². The molecule has 2 N–H and O–H groups in total. The molecular formula is C37H36ClF2N5O3. The van der Waals surface area contributed by atoms with Crippen LogP contribution in [0.3, 0.4) is 0 Å². The third-order valence-corrected chi connectivity index (χ3v) is 11.5. The summed E-state index contributed by atoms with van der Waals surface area (Å²) in [5.74, 6) is 2.74. The summed E-state index contributed by atoms with van der Waals surface area (Å²) in [6.07, 6.45) is 9.98. The van der Waals surface area contributed by atoms with E-state index >= 15 is 4.39 Å². The van der Waals surface area contributed by atoms with E-state index in [0.717, 1.165) is 71.6 Å². The highest BCUT2D eigenvalue weighted by molar-refractivity contribution is 6.35. The Morgan fingerprint density at radius 2 is 1.81 bits per heavy atom. The molecule has 4 atom stereocenters. The molecule has 4 saturated heterocycles. The molecule has 8 nitrogen and oxygen atoms in total. The zero-order valence-electron chi connectivity index (χ0n) is 26.4. The lowest BCUT2D eigenvalue weighted by Crippen LogP contribution is -2.51. The second-order valence-corrected chi connectivity index (χ2v) is 14.9. The molecule has 5 fully saturated rings. The number of aromatic nitrogens is 2. The van der Waals surface area contributed by atoms with E-state index in [2.05, 4.69) is 26.0 Å². The number of nitrogens with one attached hydrogen (secondary N) is 1. The first kappa shape index (κ1) is 30.3. The molecule has 1 saturated carbocycles. The summed E-state index contributed by atoms with van der Waals surface area (Å²) < 4.78 is 44.1. The molecule has 2 unspecified atom stereocenters. The summed E-state index contributed by atoms with van der Waals surface area (Å²) >= 11 is 6.90. The van der Waals surface area contributed by atoms with Crippen molar-refractivity contribution >= 4 is 39.1 Å². The third kappa shape index (κ3) is 5.14. The van der Waals surface area contributed by atoms with Gasteiger partial charge in [-0.25, -0.2) is 8.78 Å². The van der Waals surface area contributed by atoms with Crippen LogP contribution in [0.5, 0.6) is 11.8 Å². The predicted octanol–water partition coefficient (Wildman–Crippen LogP) is 5.75. The second-order valence-electron chi connectivity index (χ2n) is 14.5. The lowest BCUT2D eigenvalue weighted by atomic mass is 9.93. The van der Waals surface area contributed by atoms with Crippen LogP contribution in [-0.2, 0) is 4.74 Å². The van der Waals surface area contributed by atoms with Gasteiger partial charge in [0.2, 0.25) is 0 Å². The van der Waals surface area contributed by atoms with E-state index in [-0.39, 0.29) is 49.8 Å². The number of piperazine rings is 1. The quantitative estimate of drug-likeness (QED) is 0.241. The Morgan fingerprint density at radius 1 is 1.06 bits per heavy atom. The molecule has 0 radical (unpaired) electrons. The standard InChI is InChI=1S/C37H36ClF2N5O3/c1-2-26-30(39)6-3-20-9-25(46)10-27(31(20)26)32-29(38)11-28-34(33(32)40)42-36(43-35(28)45-14-23-4-5-24(15-45)41-23)48-19-37(7-8-37)18-44-12-21-16-47-17-22(21)13-44/h1,3,6,9-11,21-24,41,46H,4-5,7-8,12-19H2/t21-,22+,23?,24?. The van der Waals surface area contributed by atoms with E-state index in [1.807, 2.05) is 0 Å². The molecule has 0 amide bonds. The molecule has 48 heavy (non-hydrogen) atoms. The van der Waals surface area contributed by atoms with E-state index in [9.17, 15) is 9.50 Å². The summed E-state index contributed by atoms with van der Waals surface area (Å²) in [6.45, 7) is 6.63. The van der Waals surface area contributed by atoms with E-state index in [1.165, 1.54) is 24.3 Å². The summed E-state index contributed by atoms with van der Waals surface area (Å²) in [7, 11) is 0. The number of phenolic OH excluding ortho intramolecular Hbond substituents is 1. The third-order valence-electron chi connectivity index (χ3n) is 11.2. The number of aromatic hydroxyl groups is 1. The number of fused-ring (bicyclic) bond motifs is 5. The molecular weight excluding hydrogens is 636 g/mol. The largest absolute Gasteiger partial charge is 0.508 e. The number of likely N-dealkylation sites (tertiary alicyclic amines) is 1. The fourth-order valence-corrected chi connectivity index (χ4v) is 8.87. The van der Waals surface area contributed by atoms with Crippen molar-refractivity contribution in [3.05, 3.63) is 52.6 Å². The van der Waals surface area contributed by atoms with Crippen LogP contribution < -0.4 is 15.0 Å². The van der Waals surface area contributed by atoms with Crippen molar-refractivity contribution in [3.8, 4) is 35.2 Å². The van der Waals surface area contributed by atoms with Crippen LogP contribution in [0.1, 0.15) is 31.2 Å². The fraction of sp³-hybridized carbons (Fsp3) is 0.459. The number of anilines is 1. The molecule has 4 aliphatic heterocycles. The van der Waals surface area contributed by atoms with Crippen LogP contribution in [0.4, 0.5) is 14.6 Å². The highest BCUT2D eigenvalue weighted by Gasteiger charge is 2.48. The normalized spacial score (nSPS) is 25.9. The Hall–Kier alpha value is -3.75. The van der Waals surface area contributed by atoms with Gasteiger partial charge in [-0.1, -0.05) is 23.6 Å². The molecule has 9 rings (SSSR count). The first-order valence-corrected chi connectivity index (χ1v) is 17.2. The first-order chi connectivity index (χ1) is 23.3. The smallest absolute Gasteiger partial charge is 0.319 e. The maximum Gasteiger partial charge on any atom is 0.319 e. The van der Waals surface area contributed by atoms with Gasteiger partial charge in [-0.05, 0) is 60.9 Å². The predicted molar refractivity (Wildman–Crippen MR) is 181 cm³/mol. The van der Waals surface area contributed by atoms with Gasteiger partial charge in [-0.3, -0.25) is 0 Å². The van der Waals surface area contributed by atoms with Crippen molar-refractivity contribution in [2.24, 2.45) is 17.3 Å². The Balaban J connectivity index is 1.13. The number of halogens is 3. The summed E-state index contributed by atoms with van der Waals surface area (Å²) in [4.78, 5) is 14.3. The Kier molecular flexibility index (Phi) is 7.21. The summed E-state index contributed by atoms with van der Waals surface area (Å²) in [5.41, 5.74) is 0.192. The monoisotopic (exact) mass is 671 g/mol. The molecule has 1 aliphatic carbocycles. The highest BCUT2D eigenvalue weighted by atomic mass is 35.5. The lowest BCUT2D eigenvalue weighted by molar-refractivity contribution is 0.131. The minimum atomic E-state index is -0.713. The maximum absolute atomic E-state index is 17.1. The van der Waals surface area contributed by atoms with Gasteiger partial charge in [0.15, 0.2) is 5.82 Å². The van der Waals surface area contributed by atoms with Crippen LogP contribution >= 0.6 is 11.6 Å². The maximum atomic E-state index is 17.1. The van der Waals surface area contributed by atoms with Gasteiger partial charge in [0.05, 0.1) is 30.4 Å². The van der Waals surface area contributed by atoms with Crippen molar-refractivity contribution in [1.82, 2.24) is 20.2 Å². The van der Waals surface area contributed by atoms with Crippen molar-refractivity contribution in [3.63, 3.8) is 0 Å². The molecule has 0 spiro atoms. The molecule has 1 aromatic heterocycles. The number of nitrogens with zero attached hydrogens (tertiary/aromatic N) is 4. The van der Waals surface area contributed by atoms with E-state index < -0.39 is 11.6 Å². The minimum Gasteiger partial charge on any atom is -0.508 e. The second kappa shape index (κ2) is 11.4. The van der Waals surface area contributed by atoms with Gasteiger partial charge in [0, 0.05) is 78.4 Å². The SMILES string of the molecule is C#Cc1c(F)ccc2cc(O)cc(-c3c(Cl)cc4c(N5CC6CCC(C5)N6)nc(OCC5(CN6C[C@H]7COC[C@H]7C6)CC5)nc4c3F)c12. The van der Waals surface area contributed by atoms with E-state index in [4.69, 9.17) is 32.5 Å². The van der Waals surface area contributed by atoms with Crippen LogP contribution in [0, 0.1) is 41.2 Å². The molecule has 11 heteroatoms. The zero-order chi connectivity index (χ0) is 32.7. The topological polar surface area (TPSA) is 83.0 Å². The molecule has 248 valence electrons. The zero-order valence-corrected chi connectivity index (χ0v) is 27.2. The number of terminal acetylenes is 1. The number of hydrogen-bond acceptors (Lipinski definition) is 8. The van der Waals surface area contributed by atoms with Crippen LogP contribution in [0.2, 0.25) is 5.02 Å². The Labute approximate surface area is 282 Å². The average molecular weight is 672 g/mol. The highest BCUT2D eigenvalue weighted by Crippen LogP contribution is 2.48. The first-order valence-electron chi connectivity index (χ1n) is 16.8. The van der Waals surface area contributed by atoms with Crippen molar-refractivity contribution in [2.75, 3.05) is 57.4 Å². The molecule has 5 aliphatic rings. The molecule has 5 heterocycles. The van der Waals surface area contributed by atoms with Crippen LogP contribution in [0.15, 0.2) is 30.3 Å². The van der Waals surface area contributed by atoms with Crippen molar-refractivity contribution in [2.45, 2.75) is 37.8 Å². The van der Waals surface area contributed by atoms with Gasteiger partial charge in [0.25, 0.3) is 0 Å². The van der Waals surface area contributed by atoms with Crippen LogP contribution in [-0.4, -0.2) is 84.6 Å². The number of ether oxygens (including phenoxy) is 2. The molecule has 2 bridgehead atoms. The van der Waals surface area contributed by atoms with E-state index in [0.29, 0.717) is 47.1 Å². The van der Waals surface area contributed by atoms with Gasteiger partial charge in [-0.15, -0.1) is 6.42 Å². The lowest BCUT2D eigenvalue weighted by Gasteiger charge is -2.34. The molecule has 3 aromatic carbocycles. The van der Waals surface area contributed by atoms with Gasteiger partial charge < -0.3 is 29.7 Å². The summed E-state index contributed by atoms with van der Waals surface area (Å²) in [5, 5.41) is 15.6. The number of rotatable bonds is 7. The van der Waals surface area contributed by atoms with Gasteiger partial charge >= 0.3 is 6.01 Å². The number of hydrogen-bond donors (Lipinski definition) is 2. The van der Waals surface area contributed by atoms with Gasteiger partial charge in [-0.2, -0.15) is 9.97 Å². The summed E-state index contributed by atoms with van der Waals surface area (Å²) in [6, 6.07) is 7.97. The number of benzene rings is 3. The van der Waals surface area contributed by atoms with Crippen LogP contribution in [0.25, 0.3) is 32.8 Å². The average Bonchev–Trinajstić information content (AvgIpc) is 3.31. The van der Waals surface area contributed by atoms with Crippen molar-refractivity contribution < 1.29 is 23.4 Å². The minimum absolute atomic E-state index is 0.0198. The fourth-order valence-electron chi connectivity index (χ4n) is 8.58. The Morgan fingerprint density at radius 3 is 2.52 bits per heavy atom. The van der Waals surface area contributed by atoms with Crippen molar-refractivity contribution in [1.29, 1.82) is 0 Å². The van der Waals surface area contributed by atoms with Gasteiger partial charge in [0.1, 0.15) is 22.9 Å².